The van der Waals surface area contributed by atoms with Crippen molar-refractivity contribution in [3.8, 4) is 5.75 Å². The molecule has 2 fully saturated rings. The third-order valence-corrected chi connectivity index (χ3v) is 5.82. The second-order valence-electron chi connectivity index (χ2n) is 5.71. The fourth-order valence-corrected chi connectivity index (χ4v) is 5.29. The standard InChI is InChI=1S/C16H22O2S/c1-2-18-13-6-3-5-12(9-13)16(17)10-14-7-4-8-15(11-16)19-14/h3,5-6,9,14-15,17H,2,4,7-8,10-11H2,1H3. The zero-order valence-electron chi connectivity index (χ0n) is 11.5. The summed E-state index contributed by atoms with van der Waals surface area (Å²) in [5, 5.41) is 12.3. The largest absolute Gasteiger partial charge is 0.494 e. The van der Waals surface area contributed by atoms with Crippen LogP contribution in [-0.4, -0.2) is 22.2 Å². The van der Waals surface area contributed by atoms with Crippen LogP contribution in [0.5, 0.6) is 5.75 Å². The number of fused-ring (bicyclic) bond motifs is 2. The minimum absolute atomic E-state index is 0.633. The van der Waals surface area contributed by atoms with Crippen molar-refractivity contribution in [1.29, 1.82) is 0 Å². The number of aliphatic hydroxyl groups is 1. The van der Waals surface area contributed by atoms with E-state index < -0.39 is 5.60 Å². The number of thioether (sulfide) groups is 1. The van der Waals surface area contributed by atoms with Crippen LogP contribution >= 0.6 is 11.8 Å². The molecule has 2 heterocycles. The van der Waals surface area contributed by atoms with E-state index >= 15 is 0 Å². The number of hydrogen-bond acceptors (Lipinski definition) is 3. The summed E-state index contributed by atoms with van der Waals surface area (Å²) in [6, 6.07) is 8.04. The molecule has 1 aromatic carbocycles. The van der Waals surface area contributed by atoms with Crippen molar-refractivity contribution in [2.45, 2.75) is 55.1 Å². The number of ether oxygens (including phenoxy) is 1. The van der Waals surface area contributed by atoms with E-state index in [9.17, 15) is 5.11 Å². The molecule has 2 nitrogen and oxygen atoms in total. The first-order valence-electron chi connectivity index (χ1n) is 7.31. The molecule has 2 bridgehead atoms. The number of benzene rings is 1. The molecule has 1 aromatic rings. The molecule has 1 N–H and O–H groups in total. The summed E-state index contributed by atoms with van der Waals surface area (Å²) < 4.78 is 5.56. The molecule has 0 aromatic heterocycles. The van der Waals surface area contributed by atoms with Crippen LogP contribution in [0.15, 0.2) is 24.3 Å². The van der Waals surface area contributed by atoms with Gasteiger partial charge in [-0.1, -0.05) is 18.6 Å². The van der Waals surface area contributed by atoms with Gasteiger partial charge >= 0.3 is 0 Å². The highest BCUT2D eigenvalue weighted by atomic mass is 32.2. The van der Waals surface area contributed by atoms with Crippen LogP contribution in [0, 0.1) is 0 Å². The molecule has 2 atom stereocenters. The van der Waals surface area contributed by atoms with Crippen molar-refractivity contribution >= 4 is 11.8 Å². The third kappa shape index (κ3) is 2.77. The van der Waals surface area contributed by atoms with Crippen molar-refractivity contribution < 1.29 is 9.84 Å². The Morgan fingerprint density at radius 1 is 1.32 bits per heavy atom. The van der Waals surface area contributed by atoms with E-state index in [4.69, 9.17) is 4.74 Å². The first-order chi connectivity index (χ1) is 9.19. The highest BCUT2D eigenvalue weighted by Gasteiger charge is 2.42. The minimum Gasteiger partial charge on any atom is -0.494 e. The predicted molar refractivity (Wildman–Crippen MR) is 79.8 cm³/mol. The first kappa shape index (κ1) is 13.3. The minimum atomic E-state index is -0.645. The molecule has 0 radical (unpaired) electrons. The lowest BCUT2D eigenvalue weighted by atomic mass is 9.80. The highest BCUT2D eigenvalue weighted by Crippen LogP contribution is 2.49. The molecule has 0 aliphatic carbocycles. The average Bonchev–Trinajstić information content (AvgIpc) is 2.39. The molecule has 2 unspecified atom stereocenters. The lowest BCUT2D eigenvalue weighted by Crippen LogP contribution is -2.40. The van der Waals surface area contributed by atoms with Crippen LogP contribution < -0.4 is 4.74 Å². The third-order valence-electron chi connectivity index (χ3n) is 4.25. The van der Waals surface area contributed by atoms with Crippen LogP contribution in [0.2, 0.25) is 0 Å². The van der Waals surface area contributed by atoms with Crippen LogP contribution in [0.25, 0.3) is 0 Å². The summed E-state index contributed by atoms with van der Waals surface area (Å²) in [7, 11) is 0. The van der Waals surface area contributed by atoms with E-state index in [1.54, 1.807) is 0 Å². The van der Waals surface area contributed by atoms with Gasteiger partial charge in [0.25, 0.3) is 0 Å². The number of rotatable bonds is 3. The maximum absolute atomic E-state index is 11.1. The van der Waals surface area contributed by atoms with E-state index in [1.807, 2.05) is 31.2 Å². The Morgan fingerprint density at radius 2 is 2.05 bits per heavy atom. The summed E-state index contributed by atoms with van der Waals surface area (Å²) in [5.74, 6) is 0.872. The zero-order valence-corrected chi connectivity index (χ0v) is 12.3. The Bertz CT molecular complexity index is 434. The summed E-state index contributed by atoms with van der Waals surface area (Å²) in [6.07, 6.45) is 5.63. The van der Waals surface area contributed by atoms with Crippen LogP contribution in [0.1, 0.15) is 44.6 Å². The van der Waals surface area contributed by atoms with Crippen molar-refractivity contribution in [1.82, 2.24) is 0 Å². The van der Waals surface area contributed by atoms with Gasteiger partial charge in [-0.05, 0) is 50.3 Å². The van der Waals surface area contributed by atoms with Gasteiger partial charge in [0.05, 0.1) is 12.2 Å². The lowest BCUT2D eigenvalue weighted by Gasteiger charge is -2.44. The topological polar surface area (TPSA) is 29.5 Å². The first-order valence-corrected chi connectivity index (χ1v) is 8.25. The molecule has 3 heteroatoms. The maximum atomic E-state index is 11.1. The van der Waals surface area contributed by atoms with E-state index in [0.717, 1.165) is 24.2 Å². The SMILES string of the molecule is CCOc1cccc(C2(O)CC3CCCC(C2)S3)c1. The summed E-state index contributed by atoms with van der Waals surface area (Å²) >= 11 is 2.09. The Morgan fingerprint density at radius 3 is 2.74 bits per heavy atom. The van der Waals surface area contributed by atoms with Crippen LogP contribution in [0.3, 0.4) is 0 Å². The summed E-state index contributed by atoms with van der Waals surface area (Å²) in [4.78, 5) is 0. The summed E-state index contributed by atoms with van der Waals surface area (Å²) in [5.41, 5.74) is 0.393. The smallest absolute Gasteiger partial charge is 0.119 e. The second kappa shape index (κ2) is 5.37. The highest BCUT2D eigenvalue weighted by molar-refractivity contribution is 8.00. The number of hydrogen-bond donors (Lipinski definition) is 1. The van der Waals surface area contributed by atoms with Gasteiger partial charge in [0.1, 0.15) is 5.75 Å². The van der Waals surface area contributed by atoms with Crippen molar-refractivity contribution in [2.75, 3.05) is 6.61 Å². The molecule has 104 valence electrons. The van der Waals surface area contributed by atoms with E-state index in [1.165, 1.54) is 19.3 Å². The fraction of sp³-hybridized carbons (Fsp3) is 0.625. The lowest BCUT2D eigenvalue weighted by molar-refractivity contribution is 0.00792. The van der Waals surface area contributed by atoms with Crippen LogP contribution in [-0.2, 0) is 5.60 Å². The monoisotopic (exact) mass is 278 g/mol. The van der Waals surface area contributed by atoms with E-state index in [2.05, 4.69) is 11.8 Å². The van der Waals surface area contributed by atoms with Gasteiger partial charge in [-0.15, -0.1) is 0 Å². The second-order valence-corrected chi connectivity index (χ2v) is 7.32. The van der Waals surface area contributed by atoms with E-state index in [-0.39, 0.29) is 0 Å². The van der Waals surface area contributed by atoms with Gasteiger partial charge < -0.3 is 9.84 Å². The molecule has 0 saturated carbocycles. The molecule has 0 amide bonds. The van der Waals surface area contributed by atoms with Crippen molar-refractivity contribution in [2.24, 2.45) is 0 Å². The van der Waals surface area contributed by atoms with Gasteiger partial charge in [-0.2, -0.15) is 11.8 Å². The summed E-state index contributed by atoms with van der Waals surface area (Å²) in [6.45, 7) is 2.66. The molecular weight excluding hydrogens is 256 g/mol. The average molecular weight is 278 g/mol. The molecular formula is C16H22O2S. The Hall–Kier alpha value is -0.670. The predicted octanol–water partition coefficient (Wildman–Crippen LogP) is 3.72. The quantitative estimate of drug-likeness (QED) is 0.913. The Kier molecular flexibility index (Phi) is 3.77. The van der Waals surface area contributed by atoms with Gasteiger partial charge in [-0.25, -0.2) is 0 Å². The molecule has 0 spiro atoms. The van der Waals surface area contributed by atoms with E-state index in [0.29, 0.717) is 17.1 Å². The van der Waals surface area contributed by atoms with Gasteiger partial charge in [0, 0.05) is 10.5 Å². The van der Waals surface area contributed by atoms with Gasteiger partial charge in [0.2, 0.25) is 0 Å². The zero-order chi connectivity index (χ0) is 13.3. The normalized spacial score (nSPS) is 34.0. The fourth-order valence-electron chi connectivity index (χ4n) is 3.40. The van der Waals surface area contributed by atoms with Crippen LogP contribution in [0.4, 0.5) is 0 Å². The van der Waals surface area contributed by atoms with Crippen molar-refractivity contribution in [3.05, 3.63) is 29.8 Å². The Balaban J connectivity index is 1.85. The molecule has 19 heavy (non-hydrogen) atoms. The van der Waals surface area contributed by atoms with Crippen molar-refractivity contribution in [3.63, 3.8) is 0 Å². The van der Waals surface area contributed by atoms with Gasteiger partial charge in [-0.3, -0.25) is 0 Å². The molecule has 2 aliphatic rings. The van der Waals surface area contributed by atoms with Gasteiger partial charge in [0.15, 0.2) is 0 Å². The molecule has 2 aliphatic heterocycles. The maximum Gasteiger partial charge on any atom is 0.119 e. The Labute approximate surface area is 119 Å². The molecule has 3 rings (SSSR count). The molecule has 2 saturated heterocycles.